The summed E-state index contributed by atoms with van der Waals surface area (Å²) >= 11 is 5.93. The summed E-state index contributed by atoms with van der Waals surface area (Å²) in [4.78, 5) is 2.52. The zero-order chi connectivity index (χ0) is 11.8. The second kappa shape index (κ2) is 4.29. The lowest BCUT2D eigenvalue weighted by molar-refractivity contribution is 0.320. The number of hydrogen-bond donors (Lipinski definition) is 0. The first-order valence-corrected chi connectivity index (χ1v) is 6.38. The number of anilines is 1. The summed E-state index contributed by atoms with van der Waals surface area (Å²) in [5, 5.41) is 0.815. The SMILES string of the molecule is CC(C)(C)C1CCCN1c1ccc(Cl)cc1. The van der Waals surface area contributed by atoms with Gasteiger partial charge in [-0.15, -0.1) is 0 Å². The highest BCUT2D eigenvalue weighted by atomic mass is 35.5. The summed E-state index contributed by atoms with van der Waals surface area (Å²) in [6.45, 7) is 8.15. The molecule has 1 aliphatic heterocycles. The van der Waals surface area contributed by atoms with E-state index in [-0.39, 0.29) is 0 Å². The van der Waals surface area contributed by atoms with Crippen LogP contribution >= 0.6 is 11.6 Å². The van der Waals surface area contributed by atoms with Gasteiger partial charge in [0.25, 0.3) is 0 Å². The van der Waals surface area contributed by atoms with Crippen LogP contribution in [0.5, 0.6) is 0 Å². The molecule has 1 saturated heterocycles. The molecule has 0 aliphatic carbocycles. The van der Waals surface area contributed by atoms with E-state index >= 15 is 0 Å². The minimum Gasteiger partial charge on any atom is -0.368 e. The molecule has 2 rings (SSSR count). The first-order valence-electron chi connectivity index (χ1n) is 6.01. The van der Waals surface area contributed by atoms with E-state index in [0.29, 0.717) is 11.5 Å². The van der Waals surface area contributed by atoms with E-state index < -0.39 is 0 Å². The van der Waals surface area contributed by atoms with Crippen molar-refractivity contribution in [1.82, 2.24) is 0 Å². The Morgan fingerprint density at radius 3 is 2.38 bits per heavy atom. The zero-order valence-corrected chi connectivity index (χ0v) is 11.1. The van der Waals surface area contributed by atoms with Crippen LogP contribution in [0.4, 0.5) is 5.69 Å². The number of benzene rings is 1. The Morgan fingerprint density at radius 1 is 1.19 bits per heavy atom. The lowest BCUT2D eigenvalue weighted by Crippen LogP contribution is -2.39. The summed E-state index contributed by atoms with van der Waals surface area (Å²) in [5.41, 5.74) is 1.65. The molecule has 1 aliphatic rings. The highest BCUT2D eigenvalue weighted by Crippen LogP contribution is 2.36. The Morgan fingerprint density at radius 2 is 1.81 bits per heavy atom. The first kappa shape index (κ1) is 11.8. The van der Waals surface area contributed by atoms with Gasteiger partial charge in [0.1, 0.15) is 0 Å². The van der Waals surface area contributed by atoms with Gasteiger partial charge < -0.3 is 4.90 Å². The predicted molar refractivity (Wildman–Crippen MR) is 71.3 cm³/mol. The van der Waals surface area contributed by atoms with Crippen molar-refractivity contribution in [3.63, 3.8) is 0 Å². The number of nitrogens with zero attached hydrogens (tertiary/aromatic N) is 1. The number of halogens is 1. The largest absolute Gasteiger partial charge is 0.368 e. The van der Waals surface area contributed by atoms with Crippen molar-refractivity contribution in [2.75, 3.05) is 11.4 Å². The Balaban J connectivity index is 2.23. The van der Waals surface area contributed by atoms with Gasteiger partial charge in [0, 0.05) is 23.3 Å². The van der Waals surface area contributed by atoms with Crippen LogP contribution in [-0.2, 0) is 0 Å². The van der Waals surface area contributed by atoms with E-state index in [2.05, 4.69) is 37.8 Å². The van der Waals surface area contributed by atoms with Crippen molar-refractivity contribution < 1.29 is 0 Å². The van der Waals surface area contributed by atoms with Crippen LogP contribution in [0.25, 0.3) is 0 Å². The lowest BCUT2D eigenvalue weighted by Gasteiger charge is -2.36. The Bertz CT molecular complexity index is 350. The molecule has 0 radical (unpaired) electrons. The molecule has 0 aromatic heterocycles. The van der Waals surface area contributed by atoms with Crippen molar-refractivity contribution in [3.8, 4) is 0 Å². The van der Waals surface area contributed by atoms with Crippen LogP contribution in [-0.4, -0.2) is 12.6 Å². The van der Waals surface area contributed by atoms with Gasteiger partial charge in [-0.2, -0.15) is 0 Å². The van der Waals surface area contributed by atoms with Gasteiger partial charge in [0.05, 0.1) is 0 Å². The molecule has 1 heterocycles. The summed E-state index contributed by atoms with van der Waals surface area (Å²) in [5.74, 6) is 0. The van der Waals surface area contributed by atoms with Crippen molar-refractivity contribution in [1.29, 1.82) is 0 Å². The van der Waals surface area contributed by atoms with Crippen molar-refractivity contribution in [2.45, 2.75) is 39.7 Å². The minimum atomic E-state index is 0.343. The number of rotatable bonds is 1. The molecule has 1 fully saturated rings. The Kier molecular flexibility index (Phi) is 3.16. The normalized spacial score (nSPS) is 21.5. The minimum absolute atomic E-state index is 0.343. The van der Waals surface area contributed by atoms with Crippen molar-refractivity contribution in [2.24, 2.45) is 5.41 Å². The topological polar surface area (TPSA) is 3.24 Å². The molecule has 0 bridgehead atoms. The van der Waals surface area contributed by atoms with Gasteiger partial charge in [0.2, 0.25) is 0 Å². The Hall–Kier alpha value is -0.690. The van der Waals surface area contributed by atoms with Gasteiger partial charge >= 0.3 is 0 Å². The fourth-order valence-corrected chi connectivity index (χ4v) is 2.73. The monoisotopic (exact) mass is 237 g/mol. The lowest BCUT2D eigenvalue weighted by atomic mass is 9.85. The maximum absolute atomic E-state index is 5.93. The quantitative estimate of drug-likeness (QED) is 0.702. The molecule has 1 unspecified atom stereocenters. The molecule has 1 aromatic rings. The summed E-state index contributed by atoms with van der Waals surface area (Å²) < 4.78 is 0. The molecular formula is C14H20ClN. The molecule has 0 amide bonds. The van der Waals surface area contributed by atoms with Gasteiger partial charge in [0.15, 0.2) is 0 Å². The molecule has 1 aromatic carbocycles. The highest BCUT2D eigenvalue weighted by molar-refractivity contribution is 6.30. The average molecular weight is 238 g/mol. The second-order valence-electron chi connectivity index (χ2n) is 5.69. The first-order chi connectivity index (χ1) is 7.48. The Labute approximate surface area is 103 Å². The van der Waals surface area contributed by atoms with E-state index in [1.807, 2.05) is 12.1 Å². The molecule has 0 saturated carbocycles. The highest BCUT2D eigenvalue weighted by Gasteiger charge is 2.33. The predicted octanol–water partition coefficient (Wildman–Crippen LogP) is 4.35. The summed E-state index contributed by atoms with van der Waals surface area (Å²) in [6, 6.07) is 8.87. The van der Waals surface area contributed by atoms with E-state index in [9.17, 15) is 0 Å². The van der Waals surface area contributed by atoms with Gasteiger partial charge in [-0.05, 0) is 42.5 Å². The summed E-state index contributed by atoms with van der Waals surface area (Å²) in [7, 11) is 0. The van der Waals surface area contributed by atoms with Crippen LogP contribution in [0.1, 0.15) is 33.6 Å². The third-order valence-corrected chi connectivity index (χ3v) is 3.66. The number of hydrogen-bond acceptors (Lipinski definition) is 1. The zero-order valence-electron chi connectivity index (χ0n) is 10.3. The molecular weight excluding hydrogens is 218 g/mol. The smallest absolute Gasteiger partial charge is 0.0407 e. The van der Waals surface area contributed by atoms with Crippen LogP contribution in [0.2, 0.25) is 5.02 Å². The molecule has 1 nitrogen and oxygen atoms in total. The van der Waals surface area contributed by atoms with Crippen LogP contribution in [0, 0.1) is 5.41 Å². The van der Waals surface area contributed by atoms with E-state index in [1.54, 1.807) is 0 Å². The van der Waals surface area contributed by atoms with E-state index in [0.717, 1.165) is 5.02 Å². The third kappa shape index (κ3) is 2.35. The van der Waals surface area contributed by atoms with Crippen LogP contribution < -0.4 is 4.90 Å². The average Bonchev–Trinajstić information content (AvgIpc) is 2.66. The van der Waals surface area contributed by atoms with Gasteiger partial charge in [-0.25, -0.2) is 0 Å². The third-order valence-electron chi connectivity index (χ3n) is 3.41. The molecule has 1 atom stereocenters. The maximum atomic E-state index is 5.93. The summed E-state index contributed by atoms with van der Waals surface area (Å²) in [6.07, 6.45) is 2.59. The van der Waals surface area contributed by atoms with Crippen LogP contribution in [0.3, 0.4) is 0 Å². The van der Waals surface area contributed by atoms with Crippen LogP contribution in [0.15, 0.2) is 24.3 Å². The second-order valence-corrected chi connectivity index (χ2v) is 6.13. The maximum Gasteiger partial charge on any atom is 0.0407 e. The molecule has 88 valence electrons. The standard InChI is InChI=1S/C14H20ClN/c1-14(2,3)13-5-4-10-16(13)12-8-6-11(15)7-9-12/h6-9,13H,4-5,10H2,1-3H3. The molecule has 16 heavy (non-hydrogen) atoms. The fourth-order valence-electron chi connectivity index (χ4n) is 2.61. The van der Waals surface area contributed by atoms with E-state index in [4.69, 9.17) is 11.6 Å². The molecule has 0 spiro atoms. The molecule has 2 heteroatoms. The fraction of sp³-hybridized carbons (Fsp3) is 0.571. The van der Waals surface area contributed by atoms with Gasteiger partial charge in [-0.1, -0.05) is 32.4 Å². The van der Waals surface area contributed by atoms with Crippen molar-refractivity contribution >= 4 is 17.3 Å². The van der Waals surface area contributed by atoms with Gasteiger partial charge in [-0.3, -0.25) is 0 Å². The van der Waals surface area contributed by atoms with E-state index in [1.165, 1.54) is 25.1 Å². The van der Waals surface area contributed by atoms with Crippen molar-refractivity contribution in [3.05, 3.63) is 29.3 Å². The molecule has 0 N–H and O–H groups in total.